The Labute approximate surface area is 73.9 Å². The van der Waals surface area contributed by atoms with E-state index in [0.717, 1.165) is 18.2 Å². The van der Waals surface area contributed by atoms with E-state index in [0.29, 0.717) is 0 Å². The van der Waals surface area contributed by atoms with E-state index in [4.69, 9.17) is 5.11 Å². The molecule has 0 amide bonds. The van der Waals surface area contributed by atoms with E-state index in [-0.39, 0.29) is 0 Å². The molecule has 13 heavy (non-hydrogen) atoms. The molecule has 2 nitrogen and oxygen atoms in total. The van der Waals surface area contributed by atoms with Gasteiger partial charge in [-0.2, -0.15) is 0 Å². The van der Waals surface area contributed by atoms with Gasteiger partial charge in [0.1, 0.15) is 0 Å². The van der Waals surface area contributed by atoms with Crippen molar-refractivity contribution in [1.29, 1.82) is 0 Å². The molecule has 0 aliphatic heterocycles. The van der Waals surface area contributed by atoms with E-state index in [1.54, 1.807) is 0 Å². The van der Waals surface area contributed by atoms with Crippen molar-refractivity contribution in [3.63, 3.8) is 0 Å². The van der Waals surface area contributed by atoms with E-state index >= 15 is 0 Å². The lowest BCUT2D eigenvalue weighted by atomic mass is 9.96. The Hall–Kier alpha value is -1.45. The van der Waals surface area contributed by atoms with Crippen molar-refractivity contribution in [2.75, 3.05) is 0 Å². The summed E-state index contributed by atoms with van der Waals surface area (Å²) in [4.78, 5) is 10.1. The van der Waals surface area contributed by atoms with Crippen molar-refractivity contribution < 1.29 is 18.7 Å². The van der Waals surface area contributed by atoms with Crippen LogP contribution in [0.3, 0.4) is 0 Å². The Balaban J connectivity index is 2.75. The molecule has 1 rings (SSSR count). The Bertz CT molecular complexity index is 290. The van der Waals surface area contributed by atoms with Gasteiger partial charge < -0.3 is 5.11 Å². The first-order valence-electron chi connectivity index (χ1n) is 3.67. The summed E-state index contributed by atoms with van der Waals surface area (Å²) >= 11 is 0. The highest BCUT2D eigenvalue weighted by atomic mass is 19.3. The summed E-state index contributed by atoms with van der Waals surface area (Å²) in [5.74, 6) is -5.37. The number of halogens is 2. The number of hydrogen-bond donors (Lipinski definition) is 1. The summed E-state index contributed by atoms with van der Waals surface area (Å²) in [7, 11) is 0. The molecule has 0 aromatic rings. The number of aliphatic carboxylic acids is 1. The molecule has 1 aliphatic rings. The minimum absolute atomic E-state index is 0.724. The van der Waals surface area contributed by atoms with Crippen LogP contribution in [0.1, 0.15) is 0 Å². The van der Waals surface area contributed by atoms with Gasteiger partial charge in [-0.25, -0.2) is 13.6 Å². The molecule has 0 saturated heterocycles. The molecule has 0 aromatic heterocycles. The van der Waals surface area contributed by atoms with Crippen molar-refractivity contribution in [2.24, 2.45) is 5.92 Å². The molecule has 1 atom stereocenters. The third-order valence-electron chi connectivity index (χ3n) is 1.64. The fourth-order valence-electron chi connectivity index (χ4n) is 0.986. The van der Waals surface area contributed by atoms with Crippen molar-refractivity contribution in [2.45, 2.75) is 5.92 Å². The summed E-state index contributed by atoms with van der Waals surface area (Å²) in [6, 6.07) is 0. The van der Waals surface area contributed by atoms with Gasteiger partial charge in [-0.05, 0) is 6.08 Å². The van der Waals surface area contributed by atoms with Crippen LogP contribution in [0.15, 0.2) is 36.5 Å². The fourth-order valence-corrected chi connectivity index (χ4v) is 0.986. The van der Waals surface area contributed by atoms with Crippen molar-refractivity contribution >= 4 is 5.97 Å². The monoisotopic (exact) mass is 186 g/mol. The molecule has 0 heterocycles. The molecule has 0 bridgehead atoms. The maximum atomic E-state index is 12.9. The Kier molecular flexibility index (Phi) is 2.60. The first-order valence-corrected chi connectivity index (χ1v) is 3.67. The van der Waals surface area contributed by atoms with Gasteiger partial charge >= 0.3 is 5.97 Å². The van der Waals surface area contributed by atoms with Gasteiger partial charge in [0.05, 0.1) is 5.92 Å². The lowest BCUT2D eigenvalue weighted by Gasteiger charge is -2.19. The van der Waals surface area contributed by atoms with Gasteiger partial charge in [-0.3, -0.25) is 0 Å². The Morgan fingerprint density at radius 2 is 2.15 bits per heavy atom. The second-order valence-electron chi connectivity index (χ2n) is 2.64. The van der Waals surface area contributed by atoms with E-state index in [2.05, 4.69) is 0 Å². The minimum Gasteiger partial charge on any atom is -0.478 e. The van der Waals surface area contributed by atoms with E-state index in [9.17, 15) is 13.6 Å². The second-order valence-corrected chi connectivity index (χ2v) is 2.64. The standard InChI is InChI=1S/C9H8F2O2/c10-9(11)6-2-1-3-7(9)4-5-8(12)13/h1-7H,(H,12,13). The summed E-state index contributed by atoms with van der Waals surface area (Å²) in [6.07, 6.45) is 6.42. The zero-order chi connectivity index (χ0) is 9.90. The molecule has 1 aliphatic carbocycles. The van der Waals surface area contributed by atoms with Crippen molar-refractivity contribution in [1.82, 2.24) is 0 Å². The van der Waals surface area contributed by atoms with Crippen LogP contribution in [0.5, 0.6) is 0 Å². The smallest absolute Gasteiger partial charge is 0.328 e. The Morgan fingerprint density at radius 1 is 1.46 bits per heavy atom. The number of allylic oxidation sites excluding steroid dienone is 5. The van der Waals surface area contributed by atoms with E-state index in [1.165, 1.54) is 18.2 Å². The summed E-state index contributed by atoms with van der Waals surface area (Å²) < 4.78 is 25.9. The number of carboxylic acid groups (broad SMARTS) is 1. The van der Waals surface area contributed by atoms with Crippen LogP contribution in [0.25, 0.3) is 0 Å². The molecule has 0 radical (unpaired) electrons. The van der Waals surface area contributed by atoms with Crippen LogP contribution < -0.4 is 0 Å². The normalized spacial score (nSPS) is 25.2. The maximum Gasteiger partial charge on any atom is 0.328 e. The second kappa shape index (κ2) is 3.51. The summed E-state index contributed by atoms with van der Waals surface area (Å²) in [5.41, 5.74) is 0. The molecule has 4 heteroatoms. The van der Waals surface area contributed by atoms with Crippen LogP contribution >= 0.6 is 0 Å². The van der Waals surface area contributed by atoms with Gasteiger partial charge in [0.2, 0.25) is 0 Å². The number of hydrogen-bond acceptors (Lipinski definition) is 1. The number of carboxylic acids is 1. The average molecular weight is 186 g/mol. The minimum atomic E-state index is -2.99. The highest BCUT2D eigenvalue weighted by Gasteiger charge is 2.34. The molecular weight excluding hydrogens is 178 g/mol. The SMILES string of the molecule is O=C(O)C=CC1C=CC=CC1(F)F. The molecule has 0 aromatic carbocycles. The predicted octanol–water partition coefficient (Wildman–Crippen LogP) is 2.00. The Morgan fingerprint density at radius 3 is 2.69 bits per heavy atom. The largest absolute Gasteiger partial charge is 0.478 e. The lowest BCUT2D eigenvalue weighted by Crippen LogP contribution is -2.24. The number of carbonyl (C=O) groups is 1. The van der Waals surface area contributed by atoms with Gasteiger partial charge in [-0.1, -0.05) is 24.3 Å². The predicted molar refractivity (Wildman–Crippen MR) is 43.5 cm³/mol. The van der Waals surface area contributed by atoms with Gasteiger partial charge in [0, 0.05) is 6.08 Å². The molecular formula is C9H8F2O2. The number of rotatable bonds is 2. The zero-order valence-corrected chi connectivity index (χ0v) is 6.65. The highest BCUT2D eigenvalue weighted by molar-refractivity contribution is 5.79. The third kappa shape index (κ3) is 2.50. The topological polar surface area (TPSA) is 37.3 Å². The third-order valence-corrected chi connectivity index (χ3v) is 1.64. The highest BCUT2D eigenvalue weighted by Crippen LogP contribution is 2.30. The van der Waals surface area contributed by atoms with Crippen molar-refractivity contribution in [3.8, 4) is 0 Å². The van der Waals surface area contributed by atoms with Crippen LogP contribution in [-0.2, 0) is 4.79 Å². The first-order chi connectivity index (χ1) is 6.02. The summed E-state index contributed by atoms with van der Waals surface area (Å²) in [6.45, 7) is 0. The molecule has 0 spiro atoms. The van der Waals surface area contributed by atoms with Gasteiger partial charge in [0.15, 0.2) is 0 Å². The average Bonchev–Trinajstić information content (AvgIpc) is 2.01. The van der Waals surface area contributed by atoms with Crippen LogP contribution in [0.2, 0.25) is 0 Å². The van der Waals surface area contributed by atoms with Crippen LogP contribution in [0.4, 0.5) is 8.78 Å². The molecule has 0 saturated carbocycles. The molecule has 0 fully saturated rings. The summed E-state index contributed by atoms with van der Waals surface area (Å²) in [5, 5.41) is 8.24. The number of alkyl halides is 2. The van der Waals surface area contributed by atoms with Gasteiger partial charge in [0.25, 0.3) is 5.92 Å². The maximum absolute atomic E-state index is 12.9. The van der Waals surface area contributed by atoms with Crippen LogP contribution in [0, 0.1) is 5.92 Å². The molecule has 1 unspecified atom stereocenters. The molecule has 70 valence electrons. The fraction of sp³-hybridized carbons (Fsp3) is 0.222. The van der Waals surface area contributed by atoms with Crippen LogP contribution in [-0.4, -0.2) is 17.0 Å². The van der Waals surface area contributed by atoms with Crippen molar-refractivity contribution in [3.05, 3.63) is 36.5 Å². The van der Waals surface area contributed by atoms with E-state index in [1.807, 2.05) is 0 Å². The molecule has 1 N–H and O–H groups in total. The lowest BCUT2D eigenvalue weighted by molar-refractivity contribution is -0.131. The van der Waals surface area contributed by atoms with E-state index < -0.39 is 17.8 Å². The zero-order valence-electron chi connectivity index (χ0n) is 6.65. The first kappa shape index (κ1) is 9.64. The quantitative estimate of drug-likeness (QED) is 0.669. The van der Waals surface area contributed by atoms with Gasteiger partial charge in [-0.15, -0.1) is 0 Å².